The summed E-state index contributed by atoms with van der Waals surface area (Å²) in [6.45, 7) is 2.10. The number of amides is 1. The molecule has 0 bridgehead atoms. The number of aryl methyl sites for hydroxylation is 1. The zero-order valence-electron chi connectivity index (χ0n) is 18.9. The third-order valence-electron chi connectivity index (χ3n) is 5.02. The van der Waals surface area contributed by atoms with Crippen LogP contribution in [0.25, 0.3) is 5.69 Å². The molecule has 4 aromatic rings. The lowest BCUT2D eigenvalue weighted by Crippen LogP contribution is -2.18. The van der Waals surface area contributed by atoms with Crippen molar-refractivity contribution in [2.24, 2.45) is 0 Å². The van der Waals surface area contributed by atoms with Gasteiger partial charge in [-0.25, -0.2) is 0 Å². The minimum absolute atomic E-state index is 0.114. The molecule has 0 unspecified atom stereocenters. The van der Waals surface area contributed by atoms with Gasteiger partial charge in [0, 0.05) is 4.47 Å². The lowest BCUT2D eigenvalue weighted by atomic mass is 10.1. The van der Waals surface area contributed by atoms with Gasteiger partial charge < -0.3 is 10.1 Å². The Hall–Kier alpha value is -3.31. The van der Waals surface area contributed by atoms with Gasteiger partial charge in [0.1, 0.15) is 12.4 Å². The Morgan fingerprint density at radius 2 is 1.72 bits per heavy atom. The molecule has 1 heterocycles. The lowest BCUT2D eigenvalue weighted by molar-refractivity contribution is -0.137. The van der Waals surface area contributed by atoms with Gasteiger partial charge in [0.2, 0.25) is 5.91 Å². The standard InChI is InChI=1S/C25H20BrF3N4O2S/c1-16-10-12-17(13-11-16)35-14-22-31-32-24(33(22)21-9-5-3-7-19(21)26)36-15-23(34)30-20-8-4-2-6-18(20)25(27,28)29/h2-13H,14-15H2,1H3,(H,30,34). The average Bonchev–Trinajstić information content (AvgIpc) is 3.25. The van der Waals surface area contributed by atoms with Gasteiger partial charge >= 0.3 is 6.18 Å². The zero-order chi connectivity index (χ0) is 25.7. The van der Waals surface area contributed by atoms with E-state index in [1.807, 2.05) is 55.5 Å². The molecule has 0 saturated heterocycles. The molecule has 0 saturated carbocycles. The van der Waals surface area contributed by atoms with E-state index in [9.17, 15) is 18.0 Å². The molecule has 3 aromatic carbocycles. The number of carbonyl (C=O) groups is 1. The van der Waals surface area contributed by atoms with Gasteiger partial charge in [-0.3, -0.25) is 9.36 Å². The molecule has 36 heavy (non-hydrogen) atoms. The van der Waals surface area contributed by atoms with Crippen molar-refractivity contribution in [1.82, 2.24) is 14.8 Å². The van der Waals surface area contributed by atoms with Crippen LogP contribution in [0.2, 0.25) is 0 Å². The highest BCUT2D eigenvalue weighted by molar-refractivity contribution is 9.10. The fourth-order valence-corrected chi connectivity index (χ4v) is 4.53. The van der Waals surface area contributed by atoms with E-state index in [2.05, 4.69) is 31.4 Å². The summed E-state index contributed by atoms with van der Waals surface area (Å²) < 4.78 is 48.2. The average molecular weight is 577 g/mol. The molecule has 0 radical (unpaired) electrons. The number of alkyl halides is 3. The van der Waals surface area contributed by atoms with Crippen LogP contribution in [0.1, 0.15) is 17.0 Å². The SMILES string of the molecule is Cc1ccc(OCc2nnc(SCC(=O)Nc3ccccc3C(F)(F)F)n2-c2ccccc2Br)cc1. The van der Waals surface area contributed by atoms with E-state index in [-0.39, 0.29) is 18.0 Å². The quantitative estimate of drug-likeness (QED) is 0.237. The number of thioether (sulfide) groups is 1. The molecule has 0 aliphatic carbocycles. The Bertz CT molecular complexity index is 1360. The van der Waals surface area contributed by atoms with Crippen LogP contribution < -0.4 is 10.1 Å². The molecule has 0 spiro atoms. The number of benzene rings is 3. The number of halogens is 4. The topological polar surface area (TPSA) is 69.0 Å². The van der Waals surface area contributed by atoms with Crippen molar-refractivity contribution in [3.63, 3.8) is 0 Å². The van der Waals surface area contributed by atoms with Gasteiger partial charge in [-0.2, -0.15) is 13.2 Å². The summed E-state index contributed by atoms with van der Waals surface area (Å²) in [5.74, 6) is 0.385. The van der Waals surface area contributed by atoms with Crippen molar-refractivity contribution < 1.29 is 22.7 Å². The Kier molecular flexibility index (Phi) is 8.00. The van der Waals surface area contributed by atoms with E-state index in [1.54, 1.807) is 4.57 Å². The second-order valence-corrected chi connectivity index (χ2v) is 9.46. The first-order valence-electron chi connectivity index (χ1n) is 10.7. The van der Waals surface area contributed by atoms with Crippen LogP contribution in [0.15, 0.2) is 82.4 Å². The first-order valence-corrected chi connectivity index (χ1v) is 12.5. The molecule has 4 rings (SSSR count). The van der Waals surface area contributed by atoms with E-state index in [4.69, 9.17) is 4.74 Å². The third kappa shape index (κ3) is 6.27. The molecular weight excluding hydrogens is 557 g/mol. The van der Waals surface area contributed by atoms with Crippen LogP contribution in [-0.2, 0) is 17.6 Å². The molecule has 0 aliphatic rings. The number of nitrogens with one attached hydrogen (secondary N) is 1. The molecule has 1 N–H and O–H groups in total. The number of carbonyl (C=O) groups excluding carboxylic acids is 1. The molecule has 1 aromatic heterocycles. The molecule has 0 atom stereocenters. The van der Waals surface area contributed by atoms with Gasteiger partial charge in [0.25, 0.3) is 0 Å². The number of ether oxygens (including phenoxy) is 1. The summed E-state index contributed by atoms with van der Waals surface area (Å²) in [5, 5.41) is 11.2. The normalized spacial score (nSPS) is 11.4. The van der Waals surface area contributed by atoms with E-state index in [1.165, 1.54) is 18.2 Å². The summed E-state index contributed by atoms with van der Waals surface area (Å²) in [4.78, 5) is 12.5. The van der Waals surface area contributed by atoms with Gasteiger partial charge in [0.05, 0.1) is 22.7 Å². The number of para-hydroxylation sites is 2. The monoisotopic (exact) mass is 576 g/mol. The lowest BCUT2D eigenvalue weighted by Gasteiger charge is -2.14. The van der Waals surface area contributed by atoms with Gasteiger partial charge in [-0.1, -0.05) is 53.7 Å². The largest absolute Gasteiger partial charge is 0.486 e. The molecular formula is C25H20BrF3N4O2S. The maximum Gasteiger partial charge on any atom is 0.418 e. The van der Waals surface area contributed by atoms with Crippen LogP contribution in [0.5, 0.6) is 5.75 Å². The van der Waals surface area contributed by atoms with Crippen LogP contribution in [-0.4, -0.2) is 26.4 Å². The fraction of sp³-hybridized carbons (Fsp3) is 0.160. The number of hydrogen-bond donors (Lipinski definition) is 1. The first-order chi connectivity index (χ1) is 17.2. The van der Waals surface area contributed by atoms with Gasteiger partial charge in [-0.05, 0) is 59.3 Å². The summed E-state index contributed by atoms with van der Waals surface area (Å²) in [6, 6.07) is 19.8. The van der Waals surface area contributed by atoms with Crippen molar-refractivity contribution in [1.29, 1.82) is 0 Å². The highest BCUT2D eigenvalue weighted by Gasteiger charge is 2.33. The molecule has 0 fully saturated rings. The molecule has 11 heteroatoms. The Labute approximate surface area is 218 Å². The Balaban J connectivity index is 1.53. The van der Waals surface area contributed by atoms with E-state index >= 15 is 0 Å². The number of anilines is 1. The Morgan fingerprint density at radius 3 is 2.44 bits per heavy atom. The summed E-state index contributed by atoms with van der Waals surface area (Å²) in [5.41, 5.74) is 0.634. The van der Waals surface area contributed by atoms with E-state index < -0.39 is 17.6 Å². The highest BCUT2D eigenvalue weighted by Crippen LogP contribution is 2.35. The predicted octanol–water partition coefficient (Wildman–Crippen LogP) is 6.67. The second kappa shape index (κ2) is 11.2. The first kappa shape index (κ1) is 25.8. The van der Waals surface area contributed by atoms with Crippen molar-refractivity contribution in [2.75, 3.05) is 11.1 Å². The van der Waals surface area contributed by atoms with Crippen molar-refractivity contribution in [3.05, 3.63) is 94.2 Å². The number of hydrogen-bond acceptors (Lipinski definition) is 5. The zero-order valence-corrected chi connectivity index (χ0v) is 21.3. The molecule has 186 valence electrons. The third-order valence-corrected chi connectivity index (χ3v) is 6.62. The maximum atomic E-state index is 13.3. The summed E-state index contributed by atoms with van der Waals surface area (Å²) in [6.07, 6.45) is -4.58. The summed E-state index contributed by atoms with van der Waals surface area (Å²) in [7, 11) is 0. The number of aromatic nitrogens is 3. The minimum atomic E-state index is -4.58. The fourth-order valence-electron chi connectivity index (χ4n) is 3.30. The molecule has 0 aliphatic heterocycles. The predicted molar refractivity (Wildman–Crippen MR) is 135 cm³/mol. The molecule has 6 nitrogen and oxygen atoms in total. The van der Waals surface area contributed by atoms with E-state index in [0.717, 1.165) is 33.6 Å². The van der Waals surface area contributed by atoms with Gasteiger partial charge in [-0.15, -0.1) is 10.2 Å². The van der Waals surface area contributed by atoms with Crippen molar-refractivity contribution in [2.45, 2.75) is 24.9 Å². The van der Waals surface area contributed by atoms with E-state index in [0.29, 0.717) is 16.7 Å². The molecule has 1 amide bonds. The number of nitrogens with zero attached hydrogens (tertiary/aromatic N) is 3. The van der Waals surface area contributed by atoms with Gasteiger partial charge in [0.15, 0.2) is 11.0 Å². The van der Waals surface area contributed by atoms with Crippen molar-refractivity contribution in [3.8, 4) is 11.4 Å². The maximum absolute atomic E-state index is 13.3. The van der Waals surface area contributed by atoms with Crippen LogP contribution in [0.4, 0.5) is 18.9 Å². The smallest absolute Gasteiger partial charge is 0.418 e. The minimum Gasteiger partial charge on any atom is -0.486 e. The van der Waals surface area contributed by atoms with Crippen LogP contribution >= 0.6 is 27.7 Å². The van der Waals surface area contributed by atoms with Crippen LogP contribution in [0.3, 0.4) is 0 Å². The number of rotatable bonds is 8. The van der Waals surface area contributed by atoms with Crippen LogP contribution in [0, 0.1) is 6.92 Å². The highest BCUT2D eigenvalue weighted by atomic mass is 79.9. The van der Waals surface area contributed by atoms with Crippen molar-refractivity contribution >= 4 is 39.3 Å². The Morgan fingerprint density at radius 1 is 1.03 bits per heavy atom. The second-order valence-electron chi connectivity index (χ2n) is 7.67. The summed E-state index contributed by atoms with van der Waals surface area (Å²) >= 11 is 4.58.